The van der Waals surface area contributed by atoms with Gasteiger partial charge in [-0.1, -0.05) is 84.9 Å². The van der Waals surface area contributed by atoms with Gasteiger partial charge in [-0.2, -0.15) is 0 Å². The van der Waals surface area contributed by atoms with Gasteiger partial charge in [0, 0.05) is 27.5 Å². The molecule has 1 fully saturated rings. The van der Waals surface area contributed by atoms with Gasteiger partial charge in [0.05, 0.1) is 22.6 Å². The van der Waals surface area contributed by atoms with E-state index in [1.165, 1.54) is 0 Å². The zero-order valence-electron chi connectivity index (χ0n) is 23.0. The quantitative estimate of drug-likeness (QED) is 0.222. The number of hydrogen-bond acceptors (Lipinski definition) is 5. The predicted molar refractivity (Wildman–Crippen MR) is 161 cm³/mol. The molecule has 6 heteroatoms. The molecule has 0 saturated carbocycles. The Morgan fingerprint density at radius 1 is 0.600 bits per heavy atom. The van der Waals surface area contributed by atoms with Crippen LogP contribution in [0.1, 0.15) is 27.7 Å². The lowest BCUT2D eigenvalue weighted by molar-refractivity contribution is 0.00578. The number of aromatic nitrogens is 2. The van der Waals surface area contributed by atoms with Crippen LogP contribution in [0, 0.1) is 0 Å². The molecule has 1 aliphatic heterocycles. The summed E-state index contributed by atoms with van der Waals surface area (Å²) < 4.78 is 19.0. The first-order chi connectivity index (χ1) is 19.3. The lowest BCUT2D eigenvalue weighted by Gasteiger charge is -2.32. The van der Waals surface area contributed by atoms with E-state index in [0.29, 0.717) is 5.82 Å². The van der Waals surface area contributed by atoms with Gasteiger partial charge in [0.1, 0.15) is 11.2 Å². The van der Waals surface area contributed by atoms with Gasteiger partial charge >= 0.3 is 7.12 Å². The molecule has 6 aromatic rings. The van der Waals surface area contributed by atoms with E-state index >= 15 is 0 Å². The zero-order valence-corrected chi connectivity index (χ0v) is 23.0. The number of hydrogen-bond donors (Lipinski definition) is 0. The van der Waals surface area contributed by atoms with Crippen LogP contribution < -0.4 is 5.46 Å². The maximum absolute atomic E-state index is 6.35. The van der Waals surface area contributed by atoms with Crippen LogP contribution in [0.2, 0.25) is 0 Å². The van der Waals surface area contributed by atoms with Crippen molar-refractivity contribution >= 4 is 34.5 Å². The Hall–Kier alpha value is -4.26. The van der Waals surface area contributed by atoms with Gasteiger partial charge in [-0.05, 0) is 51.4 Å². The first-order valence-corrected chi connectivity index (χ1v) is 13.6. The maximum atomic E-state index is 6.35. The number of furan rings is 1. The number of nitrogens with zero attached hydrogens (tertiary/aromatic N) is 2. The molecule has 0 N–H and O–H groups in total. The molecule has 4 aromatic carbocycles. The van der Waals surface area contributed by atoms with Gasteiger partial charge in [0.25, 0.3) is 0 Å². The van der Waals surface area contributed by atoms with Gasteiger partial charge in [-0.15, -0.1) is 0 Å². The molecular weight excluding hydrogens is 495 g/mol. The fourth-order valence-electron chi connectivity index (χ4n) is 5.24. The van der Waals surface area contributed by atoms with Gasteiger partial charge in [-0.25, -0.2) is 9.97 Å². The summed E-state index contributed by atoms with van der Waals surface area (Å²) in [5.74, 6) is 0.648. The van der Waals surface area contributed by atoms with E-state index in [-0.39, 0.29) is 0 Å². The first kappa shape index (κ1) is 24.8. The van der Waals surface area contributed by atoms with E-state index in [2.05, 4.69) is 70.2 Å². The average Bonchev–Trinajstić information content (AvgIpc) is 3.45. The maximum Gasteiger partial charge on any atom is 0.494 e. The predicted octanol–water partition coefficient (Wildman–Crippen LogP) is 7.68. The van der Waals surface area contributed by atoms with Crippen LogP contribution in [0.5, 0.6) is 0 Å². The molecule has 0 radical (unpaired) electrons. The van der Waals surface area contributed by atoms with Gasteiger partial charge in [0.2, 0.25) is 0 Å². The van der Waals surface area contributed by atoms with Gasteiger partial charge in [-0.3, -0.25) is 0 Å². The third kappa shape index (κ3) is 4.12. The summed E-state index contributed by atoms with van der Waals surface area (Å²) in [5, 5.41) is 1.95. The van der Waals surface area contributed by atoms with Crippen molar-refractivity contribution in [2.45, 2.75) is 38.9 Å². The molecule has 7 rings (SSSR count). The van der Waals surface area contributed by atoms with Crippen LogP contribution in [0.4, 0.5) is 0 Å². The van der Waals surface area contributed by atoms with Crippen LogP contribution in [0.3, 0.4) is 0 Å². The van der Waals surface area contributed by atoms with Crippen molar-refractivity contribution in [3.8, 4) is 33.9 Å². The Bertz CT molecular complexity index is 1790. The highest BCUT2D eigenvalue weighted by Gasteiger charge is 2.51. The Labute approximate surface area is 234 Å². The van der Waals surface area contributed by atoms with E-state index in [4.69, 9.17) is 23.7 Å². The summed E-state index contributed by atoms with van der Waals surface area (Å²) >= 11 is 0. The second-order valence-corrected chi connectivity index (χ2v) is 11.3. The summed E-state index contributed by atoms with van der Waals surface area (Å²) in [7, 11) is -0.464. The molecule has 0 atom stereocenters. The monoisotopic (exact) mass is 524 g/mol. The summed E-state index contributed by atoms with van der Waals surface area (Å²) in [5.41, 5.74) is 6.42. The second kappa shape index (κ2) is 9.15. The van der Waals surface area contributed by atoms with Crippen molar-refractivity contribution in [2.24, 2.45) is 0 Å². The Balaban J connectivity index is 1.43. The molecule has 0 aliphatic carbocycles. The minimum absolute atomic E-state index is 0.421. The van der Waals surface area contributed by atoms with Gasteiger partial charge < -0.3 is 13.7 Å². The minimum Gasteiger partial charge on any atom is -0.456 e. The molecule has 2 aromatic heterocycles. The summed E-state index contributed by atoms with van der Waals surface area (Å²) in [6.45, 7) is 8.27. The van der Waals surface area contributed by atoms with Crippen LogP contribution in [-0.2, 0) is 9.31 Å². The SMILES string of the molecule is CC1(C)OB(c2ccc3oc4cccc(-c5nc(-c6ccccc6)cc(-c6ccccc6)n5)c4c3c2)OC1(C)C. The lowest BCUT2D eigenvalue weighted by atomic mass is 9.78. The van der Waals surface area contributed by atoms with E-state index in [0.717, 1.165) is 55.5 Å². The highest BCUT2D eigenvalue weighted by atomic mass is 16.7. The lowest BCUT2D eigenvalue weighted by Crippen LogP contribution is -2.41. The number of benzene rings is 4. The largest absolute Gasteiger partial charge is 0.494 e. The van der Waals surface area contributed by atoms with Crippen molar-refractivity contribution in [2.75, 3.05) is 0 Å². The van der Waals surface area contributed by atoms with Crippen molar-refractivity contribution in [1.29, 1.82) is 0 Å². The Morgan fingerprint density at radius 2 is 1.20 bits per heavy atom. The average molecular weight is 524 g/mol. The second-order valence-electron chi connectivity index (χ2n) is 11.3. The summed E-state index contributed by atoms with van der Waals surface area (Å²) in [4.78, 5) is 10.1. The molecule has 40 heavy (non-hydrogen) atoms. The van der Waals surface area contributed by atoms with Crippen LogP contribution in [-0.4, -0.2) is 28.3 Å². The van der Waals surface area contributed by atoms with Crippen molar-refractivity contribution in [1.82, 2.24) is 9.97 Å². The van der Waals surface area contributed by atoms with E-state index in [1.807, 2.05) is 60.7 Å². The molecule has 0 spiro atoms. The topological polar surface area (TPSA) is 57.4 Å². The van der Waals surface area contributed by atoms with E-state index in [9.17, 15) is 0 Å². The van der Waals surface area contributed by atoms with Gasteiger partial charge in [0.15, 0.2) is 5.82 Å². The Morgan fingerprint density at radius 3 is 1.80 bits per heavy atom. The normalized spacial score (nSPS) is 16.1. The first-order valence-electron chi connectivity index (χ1n) is 13.6. The molecule has 0 bridgehead atoms. The fraction of sp³-hybridized carbons (Fsp3) is 0.176. The molecule has 1 saturated heterocycles. The zero-order chi connectivity index (χ0) is 27.5. The minimum atomic E-state index is -0.464. The third-order valence-electron chi connectivity index (χ3n) is 8.15. The molecular formula is C34H29BN2O3. The molecule has 0 unspecified atom stereocenters. The molecule has 0 amide bonds. The fourth-order valence-corrected chi connectivity index (χ4v) is 5.24. The standard InChI is InChI=1S/C34H29BN2O3/c1-33(2)34(3,4)40-35(39-33)24-18-19-29-26(20-24)31-25(16-11-17-30(31)38-29)32-36-27(22-12-7-5-8-13-22)21-28(37-32)23-14-9-6-10-15-23/h5-21H,1-4H3. The van der Waals surface area contributed by atoms with Crippen LogP contribution >= 0.6 is 0 Å². The van der Waals surface area contributed by atoms with Crippen LogP contribution in [0.15, 0.2) is 108 Å². The summed E-state index contributed by atoms with van der Waals surface area (Å²) in [6.07, 6.45) is 0. The number of rotatable bonds is 4. The third-order valence-corrected chi connectivity index (χ3v) is 8.15. The van der Waals surface area contributed by atoms with Crippen molar-refractivity contribution < 1.29 is 13.7 Å². The molecule has 5 nitrogen and oxygen atoms in total. The van der Waals surface area contributed by atoms with E-state index < -0.39 is 18.3 Å². The summed E-state index contributed by atoms with van der Waals surface area (Å²) in [6, 6.07) is 34.7. The smallest absolute Gasteiger partial charge is 0.456 e. The molecule has 1 aliphatic rings. The van der Waals surface area contributed by atoms with Crippen molar-refractivity contribution in [3.63, 3.8) is 0 Å². The van der Waals surface area contributed by atoms with Crippen molar-refractivity contribution in [3.05, 3.63) is 103 Å². The highest BCUT2D eigenvalue weighted by Crippen LogP contribution is 2.39. The highest BCUT2D eigenvalue weighted by molar-refractivity contribution is 6.62. The molecule has 3 heterocycles. The van der Waals surface area contributed by atoms with E-state index in [1.54, 1.807) is 0 Å². The number of fused-ring (bicyclic) bond motifs is 3. The Kier molecular flexibility index (Phi) is 5.67. The molecule has 196 valence electrons. The van der Waals surface area contributed by atoms with Crippen LogP contribution in [0.25, 0.3) is 55.8 Å².